The minimum absolute atomic E-state index is 0.0913. The van der Waals surface area contributed by atoms with Gasteiger partial charge in [0.1, 0.15) is 0 Å². The van der Waals surface area contributed by atoms with Gasteiger partial charge in [-0.2, -0.15) is 0 Å². The van der Waals surface area contributed by atoms with Gasteiger partial charge in [0, 0.05) is 19.0 Å². The molecule has 1 aromatic carbocycles. The van der Waals surface area contributed by atoms with Gasteiger partial charge in [-0.05, 0) is 18.6 Å². The molecule has 16 heavy (non-hydrogen) atoms. The number of hydrogen-bond acceptors (Lipinski definition) is 2. The van der Waals surface area contributed by atoms with Crippen LogP contribution in [0.1, 0.15) is 12.8 Å². The maximum atomic E-state index is 6.00. The lowest BCUT2D eigenvalue weighted by Crippen LogP contribution is -2.25. The number of nitrogens with zero attached hydrogens (tertiary/aromatic N) is 2. The van der Waals surface area contributed by atoms with E-state index in [4.69, 9.17) is 12.2 Å². The molecule has 1 unspecified atom stereocenters. The number of benzene rings is 1. The molecule has 2 aromatic rings. The van der Waals surface area contributed by atoms with Crippen molar-refractivity contribution in [2.45, 2.75) is 25.4 Å². The molecule has 2 N–H and O–H groups in total. The van der Waals surface area contributed by atoms with Crippen LogP contribution in [0.2, 0.25) is 0 Å². The lowest BCUT2D eigenvalue weighted by Gasteiger charge is -2.11. The summed E-state index contributed by atoms with van der Waals surface area (Å²) in [7, 11) is 0. The molecule has 0 radical (unpaired) electrons. The van der Waals surface area contributed by atoms with Crippen LogP contribution in [0.5, 0.6) is 0 Å². The zero-order valence-corrected chi connectivity index (χ0v) is 9.13. The third-order valence-electron chi connectivity index (χ3n) is 2.62. The molecule has 0 bridgehead atoms. The largest absolute Gasteiger partial charge is 0.329 e. The first-order chi connectivity index (χ1) is 7.81. The molecule has 0 aliphatic heterocycles. The third-order valence-corrected chi connectivity index (χ3v) is 2.62. The fourth-order valence-electron chi connectivity index (χ4n) is 1.77. The summed E-state index contributed by atoms with van der Waals surface area (Å²) in [6.45, 7) is 0.766. The first kappa shape index (κ1) is 10.7. The van der Waals surface area contributed by atoms with Crippen molar-refractivity contribution in [1.29, 1.82) is 0 Å². The van der Waals surface area contributed by atoms with Crippen LogP contribution in [-0.2, 0) is 6.54 Å². The number of rotatable bonds is 4. The van der Waals surface area contributed by atoms with Crippen molar-refractivity contribution < 1.29 is 0 Å². The molecule has 3 heteroatoms. The number of nitrogens with two attached hydrogens (primary N) is 1. The number of aromatic nitrogens is 2. The van der Waals surface area contributed by atoms with Crippen molar-refractivity contribution in [3.63, 3.8) is 0 Å². The normalized spacial score (nSPS) is 12.5. The van der Waals surface area contributed by atoms with E-state index in [0.29, 0.717) is 0 Å². The van der Waals surface area contributed by atoms with E-state index in [1.807, 2.05) is 24.5 Å². The van der Waals surface area contributed by atoms with Gasteiger partial charge < -0.3 is 10.3 Å². The quantitative estimate of drug-likeness (QED) is 0.787. The van der Waals surface area contributed by atoms with E-state index in [1.54, 1.807) is 0 Å². The average molecular weight is 213 g/mol. The molecule has 0 saturated carbocycles. The summed E-state index contributed by atoms with van der Waals surface area (Å²) in [5.74, 6) is 2.61. The molecule has 0 aliphatic rings. The topological polar surface area (TPSA) is 43.8 Å². The van der Waals surface area contributed by atoms with E-state index in [2.05, 4.69) is 21.5 Å². The second-order valence-corrected chi connectivity index (χ2v) is 3.89. The van der Waals surface area contributed by atoms with E-state index in [1.165, 1.54) is 0 Å². The molecule has 0 aliphatic carbocycles. The second-order valence-electron chi connectivity index (χ2n) is 3.89. The minimum atomic E-state index is 0.0913. The molecule has 82 valence electrons. The number of imidazole rings is 1. The van der Waals surface area contributed by atoms with Gasteiger partial charge in [0.05, 0.1) is 17.4 Å². The van der Waals surface area contributed by atoms with Crippen molar-refractivity contribution in [2.75, 3.05) is 0 Å². The van der Waals surface area contributed by atoms with Gasteiger partial charge in [0.15, 0.2) is 0 Å². The zero-order chi connectivity index (χ0) is 11.4. The Morgan fingerprint density at radius 2 is 2.25 bits per heavy atom. The Morgan fingerprint density at radius 3 is 3.06 bits per heavy atom. The Labute approximate surface area is 95.3 Å². The maximum Gasteiger partial charge on any atom is 0.0958 e. The first-order valence-corrected chi connectivity index (χ1v) is 5.40. The summed E-state index contributed by atoms with van der Waals surface area (Å²) in [4.78, 5) is 4.32. The van der Waals surface area contributed by atoms with E-state index in [9.17, 15) is 0 Å². The summed E-state index contributed by atoms with van der Waals surface area (Å²) >= 11 is 0. The lowest BCUT2D eigenvalue weighted by atomic mass is 10.1. The average Bonchev–Trinajstić information content (AvgIpc) is 2.70. The summed E-state index contributed by atoms with van der Waals surface area (Å²) in [6, 6.07) is 8.13. The van der Waals surface area contributed by atoms with Crippen LogP contribution in [0.3, 0.4) is 0 Å². The Bertz CT molecular complexity index is 507. The Hall–Kier alpha value is -1.79. The minimum Gasteiger partial charge on any atom is -0.329 e. The van der Waals surface area contributed by atoms with Crippen LogP contribution in [0, 0.1) is 12.3 Å². The van der Waals surface area contributed by atoms with Gasteiger partial charge >= 0.3 is 0 Å². The smallest absolute Gasteiger partial charge is 0.0958 e. The van der Waals surface area contributed by atoms with Gasteiger partial charge in [-0.1, -0.05) is 12.1 Å². The molecule has 0 fully saturated rings. The van der Waals surface area contributed by atoms with Crippen LogP contribution in [0.15, 0.2) is 30.6 Å². The van der Waals surface area contributed by atoms with Crippen LogP contribution >= 0.6 is 0 Å². The summed E-state index contributed by atoms with van der Waals surface area (Å²) < 4.78 is 2.08. The monoisotopic (exact) mass is 213 g/mol. The fourth-order valence-corrected chi connectivity index (χ4v) is 1.77. The van der Waals surface area contributed by atoms with Crippen molar-refractivity contribution in [2.24, 2.45) is 5.73 Å². The van der Waals surface area contributed by atoms with Crippen LogP contribution in [-0.4, -0.2) is 15.6 Å². The molecular formula is C13H15N3. The van der Waals surface area contributed by atoms with Gasteiger partial charge in [-0.3, -0.25) is 0 Å². The molecule has 1 aromatic heterocycles. The SMILES string of the molecule is C#CCCC(N)Cn1cnc2ccccc21. The van der Waals surface area contributed by atoms with Crippen molar-refractivity contribution in [3.8, 4) is 12.3 Å². The highest BCUT2D eigenvalue weighted by Gasteiger charge is 2.06. The highest BCUT2D eigenvalue weighted by Crippen LogP contribution is 2.12. The number of fused-ring (bicyclic) bond motifs is 1. The highest BCUT2D eigenvalue weighted by molar-refractivity contribution is 5.74. The van der Waals surface area contributed by atoms with Gasteiger partial charge in [-0.15, -0.1) is 12.3 Å². The Balaban J connectivity index is 2.12. The van der Waals surface area contributed by atoms with Crippen LogP contribution in [0.4, 0.5) is 0 Å². The fraction of sp³-hybridized carbons (Fsp3) is 0.308. The van der Waals surface area contributed by atoms with E-state index in [0.717, 1.165) is 30.4 Å². The highest BCUT2D eigenvalue weighted by atomic mass is 15.1. The second kappa shape index (κ2) is 4.82. The molecule has 2 rings (SSSR count). The summed E-state index contributed by atoms with van der Waals surface area (Å²) in [5, 5.41) is 0. The number of hydrogen-bond donors (Lipinski definition) is 1. The molecule has 0 amide bonds. The van der Waals surface area contributed by atoms with Crippen LogP contribution < -0.4 is 5.73 Å². The third kappa shape index (κ3) is 2.23. The molecular weight excluding hydrogens is 198 g/mol. The van der Waals surface area contributed by atoms with E-state index >= 15 is 0 Å². The number of para-hydroxylation sites is 2. The summed E-state index contributed by atoms with van der Waals surface area (Å²) in [6.07, 6.45) is 8.63. The predicted octanol–water partition coefficient (Wildman–Crippen LogP) is 1.78. The van der Waals surface area contributed by atoms with E-state index in [-0.39, 0.29) is 6.04 Å². The Kier molecular flexibility index (Phi) is 3.23. The van der Waals surface area contributed by atoms with E-state index < -0.39 is 0 Å². The molecule has 1 heterocycles. The standard InChI is InChI=1S/C13H15N3/c1-2-3-6-11(14)9-16-10-15-12-7-4-5-8-13(12)16/h1,4-5,7-8,10-11H,3,6,9,14H2. The van der Waals surface area contributed by atoms with Gasteiger partial charge in [-0.25, -0.2) is 4.98 Å². The number of terminal acetylenes is 1. The molecule has 3 nitrogen and oxygen atoms in total. The lowest BCUT2D eigenvalue weighted by molar-refractivity contribution is 0.534. The first-order valence-electron chi connectivity index (χ1n) is 5.40. The van der Waals surface area contributed by atoms with Crippen LogP contribution in [0.25, 0.3) is 11.0 Å². The zero-order valence-electron chi connectivity index (χ0n) is 9.13. The predicted molar refractivity (Wildman–Crippen MR) is 65.8 cm³/mol. The Morgan fingerprint density at radius 1 is 1.44 bits per heavy atom. The van der Waals surface area contributed by atoms with Crippen molar-refractivity contribution in [1.82, 2.24) is 9.55 Å². The van der Waals surface area contributed by atoms with Crippen molar-refractivity contribution >= 4 is 11.0 Å². The van der Waals surface area contributed by atoms with Gasteiger partial charge in [0.25, 0.3) is 0 Å². The molecule has 0 spiro atoms. The molecule has 0 saturated heterocycles. The summed E-state index contributed by atoms with van der Waals surface area (Å²) in [5.41, 5.74) is 8.13. The molecule has 1 atom stereocenters. The maximum absolute atomic E-state index is 6.00. The van der Waals surface area contributed by atoms with Crippen molar-refractivity contribution in [3.05, 3.63) is 30.6 Å². The van der Waals surface area contributed by atoms with Gasteiger partial charge in [0.2, 0.25) is 0 Å².